The molecule has 0 fully saturated rings. The average Bonchev–Trinajstić information content (AvgIpc) is 2.18. The Morgan fingerprint density at radius 3 is 2.69 bits per heavy atom. The Kier molecular flexibility index (Phi) is 3.21. The second-order valence-electron chi connectivity index (χ2n) is 2.70. The van der Waals surface area contributed by atoms with E-state index in [2.05, 4.69) is 18.3 Å². The summed E-state index contributed by atoms with van der Waals surface area (Å²) in [4.78, 5) is 3.93. The lowest BCUT2D eigenvalue weighted by Gasteiger charge is -2.03. The van der Waals surface area contributed by atoms with Gasteiger partial charge in [-0.15, -0.1) is 0 Å². The summed E-state index contributed by atoms with van der Waals surface area (Å²) in [5.74, 6) is 0. The van der Waals surface area contributed by atoms with Gasteiger partial charge in [0.2, 0.25) is 0 Å². The van der Waals surface area contributed by atoms with E-state index in [0.29, 0.717) is 0 Å². The molecule has 1 rings (SSSR count). The Morgan fingerprint density at radius 1 is 1.38 bits per heavy atom. The number of nitrogens with zero attached hydrogens (tertiary/aromatic N) is 1. The summed E-state index contributed by atoms with van der Waals surface area (Å²) in [7, 11) is 0. The smallest absolute Gasteiger partial charge is 0.0700 e. The minimum Gasteiger partial charge on any atom is -0.264 e. The van der Waals surface area contributed by atoms with Crippen LogP contribution < -0.4 is 0 Å². The first-order chi connectivity index (χ1) is 6.29. The van der Waals surface area contributed by atoms with Gasteiger partial charge in [0.15, 0.2) is 0 Å². The summed E-state index contributed by atoms with van der Waals surface area (Å²) in [5, 5.41) is 0. The lowest BCUT2D eigenvalue weighted by Crippen LogP contribution is -1.79. The van der Waals surface area contributed by atoms with E-state index in [9.17, 15) is 0 Å². The lowest BCUT2D eigenvalue weighted by molar-refractivity contribution is 1.51. The van der Waals surface area contributed by atoms with Crippen LogP contribution in [0.5, 0.6) is 0 Å². The van der Waals surface area contributed by atoms with Gasteiger partial charge < -0.3 is 0 Å². The van der Waals surface area contributed by atoms with Crippen LogP contribution >= 0.6 is 0 Å². The average molecular weight is 171 g/mol. The van der Waals surface area contributed by atoms with Crippen molar-refractivity contribution in [2.45, 2.75) is 6.92 Å². The Morgan fingerprint density at radius 2 is 2.08 bits per heavy atom. The molecule has 0 unspecified atom stereocenters. The highest BCUT2D eigenvalue weighted by Crippen LogP contribution is 2.25. The molecule has 13 heavy (non-hydrogen) atoms. The molecule has 0 bridgehead atoms. The second kappa shape index (κ2) is 4.41. The molecule has 0 aliphatic carbocycles. The predicted octanol–water partition coefficient (Wildman–Crippen LogP) is 3.61. The largest absolute Gasteiger partial charge is 0.264 e. The fourth-order valence-corrected chi connectivity index (χ4v) is 1.17. The molecule has 0 heterocycles. The van der Waals surface area contributed by atoms with E-state index in [1.807, 2.05) is 43.3 Å². The van der Waals surface area contributed by atoms with E-state index in [1.54, 1.807) is 0 Å². The third kappa shape index (κ3) is 2.15. The molecule has 1 aromatic rings. The minimum absolute atomic E-state index is 0.880. The monoisotopic (exact) mass is 171 g/mol. The van der Waals surface area contributed by atoms with E-state index in [0.717, 1.165) is 16.8 Å². The molecule has 1 heteroatoms. The van der Waals surface area contributed by atoms with E-state index in [-0.39, 0.29) is 0 Å². The van der Waals surface area contributed by atoms with Crippen molar-refractivity contribution in [2.75, 3.05) is 0 Å². The highest BCUT2D eigenvalue weighted by molar-refractivity contribution is 5.79. The molecule has 0 saturated carbocycles. The fourth-order valence-electron chi connectivity index (χ4n) is 1.17. The molecule has 0 amide bonds. The normalized spacial score (nSPS) is 10.2. The van der Waals surface area contributed by atoms with Crippen molar-refractivity contribution in [3.05, 3.63) is 48.6 Å². The van der Waals surface area contributed by atoms with E-state index < -0.39 is 0 Å². The molecule has 0 aliphatic rings. The molecule has 0 N–H and O–H groups in total. The number of hydrogen-bond acceptors (Lipinski definition) is 1. The summed E-state index contributed by atoms with van der Waals surface area (Å²) in [6, 6.07) is 7.83. The maximum atomic E-state index is 3.95. The third-order valence-corrected chi connectivity index (χ3v) is 1.79. The topological polar surface area (TPSA) is 12.4 Å². The van der Waals surface area contributed by atoms with Crippen molar-refractivity contribution in [3.8, 4) is 0 Å². The summed E-state index contributed by atoms with van der Waals surface area (Å²) in [6.07, 6.45) is 3.92. The Balaban J connectivity index is 3.12. The van der Waals surface area contributed by atoms with Crippen LogP contribution in [0, 0.1) is 0 Å². The Hall–Kier alpha value is -1.63. The van der Waals surface area contributed by atoms with Gasteiger partial charge in [-0.05, 0) is 25.3 Å². The number of hydrogen-bond donors (Lipinski definition) is 0. The van der Waals surface area contributed by atoms with Gasteiger partial charge in [0.1, 0.15) is 0 Å². The molecule has 0 saturated heterocycles. The Labute approximate surface area is 79.1 Å². The highest BCUT2D eigenvalue weighted by atomic mass is 14.7. The van der Waals surface area contributed by atoms with Gasteiger partial charge in [-0.1, -0.05) is 36.9 Å². The van der Waals surface area contributed by atoms with Gasteiger partial charge in [0, 0.05) is 5.56 Å². The molecule has 66 valence electrons. The predicted molar refractivity (Wildman–Crippen MR) is 59.5 cm³/mol. The van der Waals surface area contributed by atoms with Crippen LogP contribution in [-0.2, 0) is 0 Å². The highest BCUT2D eigenvalue weighted by Gasteiger charge is 1.99. The van der Waals surface area contributed by atoms with Gasteiger partial charge >= 0.3 is 0 Å². The maximum Gasteiger partial charge on any atom is 0.0700 e. The minimum atomic E-state index is 0.880. The van der Waals surface area contributed by atoms with Gasteiger partial charge in [0.05, 0.1) is 5.69 Å². The van der Waals surface area contributed by atoms with Crippen LogP contribution in [0.15, 0.2) is 48.0 Å². The van der Waals surface area contributed by atoms with Crippen LogP contribution in [0.2, 0.25) is 0 Å². The van der Waals surface area contributed by atoms with E-state index in [4.69, 9.17) is 0 Å². The summed E-state index contributed by atoms with van der Waals surface area (Å²) < 4.78 is 0. The number of rotatable bonds is 3. The summed E-state index contributed by atoms with van der Waals surface area (Å²) in [6.45, 7) is 9.44. The third-order valence-electron chi connectivity index (χ3n) is 1.79. The Bertz CT molecular complexity index is 348. The van der Waals surface area contributed by atoms with Gasteiger partial charge in [0.25, 0.3) is 0 Å². The van der Waals surface area contributed by atoms with Crippen molar-refractivity contribution in [2.24, 2.45) is 4.99 Å². The van der Waals surface area contributed by atoms with Crippen molar-refractivity contribution in [3.63, 3.8) is 0 Å². The number of allylic oxidation sites excluding steroid dienone is 3. The molecule has 1 nitrogen and oxygen atoms in total. The van der Waals surface area contributed by atoms with Crippen molar-refractivity contribution in [1.29, 1.82) is 0 Å². The zero-order chi connectivity index (χ0) is 9.68. The lowest BCUT2D eigenvalue weighted by atomic mass is 10.1. The first-order valence-electron chi connectivity index (χ1n) is 4.17. The maximum absolute atomic E-state index is 3.95. The van der Waals surface area contributed by atoms with Crippen LogP contribution in [0.25, 0.3) is 5.57 Å². The molecule has 1 aromatic carbocycles. The van der Waals surface area contributed by atoms with E-state index in [1.165, 1.54) is 0 Å². The van der Waals surface area contributed by atoms with E-state index >= 15 is 0 Å². The number of para-hydroxylation sites is 1. The van der Waals surface area contributed by atoms with Crippen LogP contribution in [-0.4, -0.2) is 6.72 Å². The molecule has 0 aromatic heterocycles. The number of benzene rings is 1. The zero-order valence-electron chi connectivity index (χ0n) is 7.83. The molecule has 0 aliphatic heterocycles. The van der Waals surface area contributed by atoms with Gasteiger partial charge in [-0.2, -0.15) is 0 Å². The van der Waals surface area contributed by atoms with Gasteiger partial charge in [-0.3, -0.25) is 4.99 Å². The molecule has 0 atom stereocenters. The number of aliphatic imine (C=N–C) groups is 1. The van der Waals surface area contributed by atoms with Crippen LogP contribution in [0.1, 0.15) is 12.5 Å². The second-order valence-corrected chi connectivity index (χ2v) is 2.70. The standard InChI is InChI=1S/C12H13N/c1-4-7-10(2)11-8-5-6-9-12(11)13-3/h4-9H,2-3H2,1H3/b7-4+. The van der Waals surface area contributed by atoms with Crippen molar-refractivity contribution < 1.29 is 0 Å². The zero-order valence-corrected chi connectivity index (χ0v) is 7.83. The molecule has 0 radical (unpaired) electrons. The van der Waals surface area contributed by atoms with Crippen LogP contribution in [0.4, 0.5) is 5.69 Å². The van der Waals surface area contributed by atoms with Gasteiger partial charge in [-0.25, -0.2) is 0 Å². The molecule has 0 spiro atoms. The first kappa shape index (κ1) is 9.46. The molecular formula is C12H13N. The SMILES string of the molecule is C=Nc1ccccc1C(=C)/C=C/C. The first-order valence-corrected chi connectivity index (χ1v) is 4.17. The quantitative estimate of drug-likeness (QED) is 0.486. The van der Waals surface area contributed by atoms with Crippen LogP contribution in [0.3, 0.4) is 0 Å². The summed E-state index contributed by atoms with van der Waals surface area (Å²) in [5.41, 5.74) is 2.88. The fraction of sp³-hybridized carbons (Fsp3) is 0.0833. The van der Waals surface area contributed by atoms with Crippen molar-refractivity contribution >= 4 is 18.0 Å². The molecular weight excluding hydrogens is 158 g/mol. The summed E-state index contributed by atoms with van der Waals surface area (Å²) >= 11 is 0. The van der Waals surface area contributed by atoms with Crippen molar-refractivity contribution in [1.82, 2.24) is 0 Å².